The van der Waals surface area contributed by atoms with Gasteiger partial charge in [0.15, 0.2) is 0 Å². The van der Waals surface area contributed by atoms with Gasteiger partial charge in [0.25, 0.3) is 17.5 Å². The molecule has 0 atom stereocenters. The van der Waals surface area contributed by atoms with Crippen LogP contribution in [0.5, 0.6) is 5.75 Å². The zero-order valence-corrected chi connectivity index (χ0v) is 19.7. The molecule has 0 unspecified atom stereocenters. The lowest BCUT2D eigenvalue weighted by atomic mass is 10.1. The molecular formula is C25H23ClN4O5. The van der Waals surface area contributed by atoms with Crippen LogP contribution in [0.1, 0.15) is 33.6 Å². The fraction of sp³-hybridized carbons (Fsp3) is 0.200. The molecule has 1 fully saturated rings. The van der Waals surface area contributed by atoms with E-state index in [1.807, 2.05) is 4.90 Å². The Morgan fingerprint density at radius 3 is 2.43 bits per heavy atom. The molecule has 0 radical (unpaired) electrons. The van der Waals surface area contributed by atoms with Crippen LogP contribution >= 0.6 is 11.6 Å². The van der Waals surface area contributed by atoms with Crippen molar-refractivity contribution in [2.24, 2.45) is 0 Å². The number of amides is 2. The first-order chi connectivity index (χ1) is 16.9. The topological polar surface area (TPSA) is 114 Å². The first kappa shape index (κ1) is 24.0. The average molecular weight is 495 g/mol. The van der Waals surface area contributed by atoms with Crippen molar-refractivity contribution in [3.05, 3.63) is 86.9 Å². The number of halogens is 1. The van der Waals surface area contributed by atoms with Gasteiger partial charge in [-0.05, 0) is 49.2 Å². The lowest BCUT2D eigenvalue weighted by molar-refractivity contribution is -0.384. The van der Waals surface area contributed by atoms with E-state index >= 15 is 0 Å². The monoisotopic (exact) mass is 494 g/mol. The van der Waals surface area contributed by atoms with Crippen LogP contribution in [0.4, 0.5) is 22.7 Å². The number of anilines is 3. The van der Waals surface area contributed by atoms with Crippen molar-refractivity contribution in [2.45, 2.75) is 12.8 Å². The lowest BCUT2D eigenvalue weighted by Gasteiger charge is -2.18. The summed E-state index contributed by atoms with van der Waals surface area (Å²) in [4.78, 5) is 38.5. The van der Waals surface area contributed by atoms with Crippen LogP contribution in [0.2, 0.25) is 5.02 Å². The summed E-state index contributed by atoms with van der Waals surface area (Å²) in [7, 11) is 1.44. The molecule has 1 heterocycles. The number of nitrogens with zero attached hydrogens (tertiary/aromatic N) is 2. The summed E-state index contributed by atoms with van der Waals surface area (Å²) in [5.41, 5.74) is 1.68. The molecular weight excluding hydrogens is 472 g/mol. The summed E-state index contributed by atoms with van der Waals surface area (Å²) in [6.07, 6.45) is 1.96. The highest BCUT2D eigenvalue weighted by molar-refractivity contribution is 6.34. The van der Waals surface area contributed by atoms with Gasteiger partial charge in [0.1, 0.15) is 11.4 Å². The number of hydrogen-bond donors (Lipinski definition) is 2. The largest absolute Gasteiger partial charge is 0.494 e. The fourth-order valence-corrected chi connectivity index (χ4v) is 4.17. The van der Waals surface area contributed by atoms with Gasteiger partial charge in [0, 0.05) is 36.5 Å². The maximum Gasteiger partial charge on any atom is 0.293 e. The number of benzene rings is 3. The second kappa shape index (κ2) is 10.4. The summed E-state index contributed by atoms with van der Waals surface area (Å²) in [5, 5.41) is 17.4. The highest BCUT2D eigenvalue weighted by atomic mass is 35.5. The van der Waals surface area contributed by atoms with Crippen LogP contribution in [0.25, 0.3) is 0 Å². The first-order valence-corrected chi connectivity index (χ1v) is 11.3. The van der Waals surface area contributed by atoms with E-state index in [0.717, 1.165) is 25.9 Å². The lowest BCUT2D eigenvalue weighted by Crippen LogP contribution is -2.20. The zero-order valence-electron chi connectivity index (χ0n) is 18.9. The van der Waals surface area contributed by atoms with Gasteiger partial charge >= 0.3 is 0 Å². The van der Waals surface area contributed by atoms with Crippen molar-refractivity contribution in [3.63, 3.8) is 0 Å². The van der Waals surface area contributed by atoms with Gasteiger partial charge in [-0.2, -0.15) is 0 Å². The minimum absolute atomic E-state index is 0.102. The summed E-state index contributed by atoms with van der Waals surface area (Å²) >= 11 is 6.09. The van der Waals surface area contributed by atoms with E-state index in [0.29, 0.717) is 33.4 Å². The second-order valence-corrected chi connectivity index (χ2v) is 8.37. The minimum Gasteiger partial charge on any atom is -0.494 e. The van der Waals surface area contributed by atoms with Gasteiger partial charge < -0.3 is 20.3 Å². The Hall–Kier alpha value is -4.11. The van der Waals surface area contributed by atoms with E-state index in [-0.39, 0.29) is 11.3 Å². The van der Waals surface area contributed by atoms with Gasteiger partial charge in [-0.1, -0.05) is 23.7 Å². The predicted octanol–water partition coefficient (Wildman–Crippen LogP) is 5.36. The number of nitro benzene ring substituents is 1. The maximum atomic E-state index is 12.8. The summed E-state index contributed by atoms with van der Waals surface area (Å²) in [5.74, 6) is -0.592. The standard InChI is InChI=1S/C25H23ClN4O5/c1-35-23-15-17(9-10-20(23)28-25(32)18-6-2-3-7-19(18)26)27-24(31)16-8-11-21(22(14-16)30(33)34)29-12-4-5-13-29/h2-3,6-11,14-15H,4-5,12-13H2,1H3,(H,27,31)(H,28,32). The Labute approximate surface area is 206 Å². The summed E-state index contributed by atoms with van der Waals surface area (Å²) < 4.78 is 5.37. The van der Waals surface area contributed by atoms with E-state index in [9.17, 15) is 19.7 Å². The normalized spacial score (nSPS) is 12.8. The molecule has 10 heteroatoms. The number of rotatable bonds is 7. The van der Waals surface area contributed by atoms with Crippen LogP contribution in [0.15, 0.2) is 60.7 Å². The van der Waals surface area contributed by atoms with Crippen molar-refractivity contribution < 1.29 is 19.2 Å². The highest BCUT2D eigenvalue weighted by Crippen LogP contribution is 2.33. The quantitative estimate of drug-likeness (QED) is 0.337. The third-order valence-corrected chi connectivity index (χ3v) is 6.04. The highest BCUT2D eigenvalue weighted by Gasteiger charge is 2.24. The second-order valence-electron chi connectivity index (χ2n) is 7.96. The van der Waals surface area contributed by atoms with Crippen LogP contribution in [0, 0.1) is 10.1 Å². The molecule has 4 rings (SSSR count). The Balaban J connectivity index is 1.51. The number of nitrogens with one attached hydrogen (secondary N) is 2. The van der Waals surface area contributed by atoms with E-state index < -0.39 is 16.7 Å². The van der Waals surface area contributed by atoms with Crippen LogP contribution in [-0.2, 0) is 0 Å². The summed E-state index contributed by atoms with van der Waals surface area (Å²) in [6, 6.07) is 15.9. The van der Waals surface area contributed by atoms with E-state index in [4.69, 9.17) is 16.3 Å². The van der Waals surface area contributed by atoms with E-state index in [1.165, 1.54) is 13.2 Å². The number of carbonyl (C=O) groups excluding carboxylic acids is 2. The number of ether oxygens (including phenoxy) is 1. The SMILES string of the molecule is COc1cc(NC(=O)c2ccc(N3CCCC3)c([N+](=O)[O-])c2)ccc1NC(=O)c1ccccc1Cl. The van der Waals surface area contributed by atoms with Crippen molar-refractivity contribution >= 4 is 46.2 Å². The number of methoxy groups -OCH3 is 1. The Morgan fingerprint density at radius 2 is 1.74 bits per heavy atom. The van der Waals surface area contributed by atoms with Gasteiger partial charge in [-0.3, -0.25) is 19.7 Å². The molecule has 35 heavy (non-hydrogen) atoms. The molecule has 0 spiro atoms. The predicted molar refractivity (Wildman–Crippen MR) is 135 cm³/mol. The van der Waals surface area contributed by atoms with E-state index in [1.54, 1.807) is 54.6 Å². The fourth-order valence-electron chi connectivity index (χ4n) is 3.95. The molecule has 1 saturated heterocycles. The molecule has 180 valence electrons. The van der Waals surface area contributed by atoms with Crippen molar-refractivity contribution in [1.82, 2.24) is 0 Å². The molecule has 9 nitrogen and oxygen atoms in total. The molecule has 0 bridgehead atoms. The minimum atomic E-state index is -0.504. The molecule has 2 N–H and O–H groups in total. The molecule has 1 aliphatic rings. The summed E-state index contributed by atoms with van der Waals surface area (Å²) in [6.45, 7) is 1.51. The Kier molecular flexibility index (Phi) is 7.17. The van der Waals surface area contributed by atoms with Gasteiger partial charge in [-0.25, -0.2) is 0 Å². The number of hydrogen-bond acceptors (Lipinski definition) is 6. The van der Waals surface area contributed by atoms with Gasteiger partial charge in [0.2, 0.25) is 0 Å². The molecule has 2 amide bonds. The van der Waals surface area contributed by atoms with E-state index in [2.05, 4.69) is 10.6 Å². The van der Waals surface area contributed by atoms with Crippen molar-refractivity contribution in [3.8, 4) is 5.75 Å². The molecule has 3 aromatic rings. The zero-order chi connectivity index (χ0) is 24.9. The number of nitro groups is 1. The molecule has 0 saturated carbocycles. The Morgan fingerprint density at radius 1 is 1.00 bits per heavy atom. The van der Waals surface area contributed by atoms with Crippen molar-refractivity contribution in [2.75, 3.05) is 35.7 Å². The maximum absolute atomic E-state index is 12.8. The van der Waals surface area contributed by atoms with Crippen LogP contribution < -0.4 is 20.3 Å². The molecule has 0 aliphatic carbocycles. The third kappa shape index (κ3) is 5.36. The molecule has 1 aliphatic heterocycles. The van der Waals surface area contributed by atoms with Gasteiger partial charge in [-0.15, -0.1) is 0 Å². The van der Waals surface area contributed by atoms with Crippen molar-refractivity contribution in [1.29, 1.82) is 0 Å². The average Bonchev–Trinajstić information content (AvgIpc) is 3.39. The Bertz CT molecular complexity index is 1290. The van der Waals surface area contributed by atoms with Gasteiger partial charge in [0.05, 0.1) is 28.3 Å². The first-order valence-electron chi connectivity index (χ1n) is 11.0. The smallest absolute Gasteiger partial charge is 0.293 e. The molecule has 3 aromatic carbocycles. The third-order valence-electron chi connectivity index (χ3n) is 5.71. The van der Waals surface area contributed by atoms with Crippen LogP contribution in [0.3, 0.4) is 0 Å². The number of carbonyl (C=O) groups is 2. The van der Waals surface area contributed by atoms with Crippen LogP contribution in [-0.4, -0.2) is 36.9 Å². The molecule has 0 aromatic heterocycles.